The molecule has 9 heavy (non-hydrogen) atoms. The summed E-state index contributed by atoms with van der Waals surface area (Å²) in [5.41, 5.74) is 0.189. The smallest absolute Gasteiger partial charge is 0.0487 e. The van der Waals surface area contributed by atoms with E-state index in [1.807, 2.05) is 0 Å². The van der Waals surface area contributed by atoms with Crippen LogP contribution in [0.2, 0.25) is 0 Å². The van der Waals surface area contributed by atoms with Gasteiger partial charge in [-0.25, -0.2) is 0 Å². The van der Waals surface area contributed by atoms with E-state index in [4.69, 9.17) is 5.11 Å². The molecular formula is C8H14O. The van der Waals surface area contributed by atoms with E-state index in [1.165, 1.54) is 0 Å². The molecule has 0 fully saturated rings. The highest BCUT2D eigenvalue weighted by atomic mass is 16.3. The van der Waals surface area contributed by atoms with E-state index in [9.17, 15) is 0 Å². The van der Waals surface area contributed by atoms with Crippen LogP contribution in [0.5, 0.6) is 0 Å². The van der Waals surface area contributed by atoms with Crippen molar-refractivity contribution in [2.24, 2.45) is 5.41 Å². The summed E-state index contributed by atoms with van der Waals surface area (Å²) in [5, 5.41) is 8.92. The molecule has 1 heteroatoms. The predicted octanol–water partition coefficient (Wildman–Crippen LogP) is 1.73. The second-order valence-corrected chi connectivity index (χ2v) is 3.18. The molecule has 0 radical (unpaired) electrons. The Morgan fingerprint density at radius 2 is 2.33 bits per heavy atom. The van der Waals surface area contributed by atoms with E-state index in [-0.39, 0.29) is 5.41 Å². The average molecular weight is 126 g/mol. The van der Waals surface area contributed by atoms with Crippen LogP contribution in [0.3, 0.4) is 0 Å². The third kappa shape index (κ3) is 1.55. The van der Waals surface area contributed by atoms with Gasteiger partial charge < -0.3 is 5.11 Å². The van der Waals surface area contributed by atoms with Gasteiger partial charge in [-0.3, -0.25) is 0 Å². The third-order valence-electron chi connectivity index (χ3n) is 2.07. The maximum Gasteiger partial charge on any atom is 0.0487 e. The lowest BCUT2D eigenvalue weighted by Crippen LogP contribution is -2.21. The van der Waals surface area contributed by atoms with Crippen LogP contribution in [0.25, 0.3) is 0 Å². The maximum atomic E-state index is 8.92. The van der Waals surface area contributed by atoms with Crippen molar-refractivity contribution in [2.45, 2.75) is 26.2 Å². The van der Waals surface area contributed by atoms with Crippen molar-refractivity contribution in [2.75, 3.05) is 6.61 Å². The summed E-state index contributed by atoms with van der Waals surface area (Å²) in [6.45, 7) is 2.47. The molecule has 0 amide bonds. The Labute approximate surface area is 56.4 Å². The van der Waals surface area contributed by atoms with Gasteiger partial charge in [0.15, 0.2) is 0 Å². The third-order valence-corrected chi connectivity index (χ3v) is 2.07. The van der Waals surface area contributed by atoms with E-state index in [0.29, 0.717) is 6.61 Å². The summed E-state index contributed by atoms with van der Waals surface area (Å²) in [6.07, 6.45) is 7.68. The molecule has 0 saturated carbocycles. The minimum absolute atomic E-state index is 0.189. The first-order valence-electron chi connectivity index (χ1n) is 3.53. The normalized spacial score (nSPS) is 34.9. The lowest BCUT2D eigenvalue weighted by Gasteiger charge is -2.27. The van der Waals surface area contributed by atoms with E-state index >= 15 is 0 Å². The summed E-state index contributed by atoms with van der Waals surface area (Å²) in [7, 11) is 0. The molecule has 0 unspecified atom stereocenters. The Kier molecular flexibility index (Phi) is 1.91. The molecule has 1 aliphatic rings. The van der Waals surface area contributed by atoms with Crippen LogP contribution in [0.4, 0.5) is 0 Å². The van der Waals surface area contributed by atoms with Crippen LogP contribution in [0, 0.1) is 5.41 Å². The van der Waals surface area contributed by atoms with Crippen LogP contribution < -0.4 is 0 Å². The number of aliphatic hydroxyl groups excluding tert-OH is 1. The number of hydrogen-bond donors (Lipinski definition) is 1. The first-order chi connectivity index (χ1) is 4.27. The number of hydrogen-bond acceptors (Lipinski definition) is 1. The highest BCUT2D eigenvalue weighted by Gasteiger charge is 2.22. The van der Waals surface area contributed by atoms with Crippen LogP contribution >= 0.6 is 0 Å². The summed E-state index contributed by atoms with van der Waals surface area (Å²) in [6, 6.07) is 0. The van der Waals surface area contributed by atoms with Gasteiger partial charge in [0.2, 0.25) is 0 Å². The zero-order valence-electron chi connectivity index (χ0n) is 5.93. The standard InChI is InChI=1S/C8H14O/c1-8(7-9)5-3-2-4-6-8/h2-3,9H,4-7H2,1H3/t8-/m0/s1. The SMILES string of the molecule is C[C@]1(CO)CC=CCC1. The van der Waals surface area contributed by atoms with Gasteiger partial charge in [0.05, 0.1) is 0 Å². The van der Waals surface area contributed by atoms with Gasteiger partial charge in [0, 0.05) is 6.61 Å². The maximum absolute atomic E-state index is 8.92. The lowest BCUT2D eigenvalue weighted by molar-refractivity contribution is 0.132. The van der Waals surface area contributed by atoms with Gasteiger partial charge in [-0.05, 0) is 24.7 Å². The average Bonchev–Trinajstić information content (AvgIpc) is 1.90. The highest BCUT2D eigenvalue weighted by Crippen LogP contribution is 2.30. The predicted molar refractivity (Wildman–Crippen MR) is 38.2 cm³/mol. The highest BCUT2D eigenvalue weighted by molar-refractivity contribution is 4.95. The molecule has 1 N–H and O–H groups in total. The first kappa shape index (κ1) is 6.81. The summed E-state index contributed by atoms with van der Waals surface area (Å²) < 4.78 is 0. The van der Waals surface area contributed by atoms with Gasteiger partial charge >= 0.3 is 0 Å². The Morgan fingerprint density at radius 1 is 1.56 bits per heavy atom. The van der Waals surface area contributed by atoms with Crippen LogP contribution in [0.15, 0.2) is 12.2 Å². The van der Waals surface area contributed by atoms with E-state index in [2.05, 4.69) is 19.1 Å². The minimum Gasteiger partial charge on any atom is -0.396 e. The molecular weight excluding hydrogens is 112 g/mol. The van der Waals surface area contributed by atoms with Gasteiger partial charge in [-0.15, -0.1) is 0 Å². The zero-order chi connectivity index (χ0) is 6.74. The van der Waals surface area contributed by atoms with Crippen molar-refractivity contribution in [1.29, 1.82) is 0 Å². The molecule has 52 valence electrons. The molecule has 0 heterocycles. The lowest BCUT2D eigenvalue weighted by atomic mass is 9.80. The van der Waals surface area contributed by atoms with Crippen LogP contribution in [0.1, 0.15) is 26.2 Å². The van der Waals surface area contributed by atoms with E-state index < -0.39 is 0 Å². The zero-order valence-corrected chi connectivity index (χ0v) is 5.93. The Hall–Kier alpha value is -0.300. The van der Waals surface area contributed by atoms with Crippen LogP contribution in [-0.4, -0.2) is 11.7 Å². The molecule has 1 aliphatic carbocycles. The van der Waals surface area contributed by atoms with Gasteiger partial charge in [0.1, 0.15) is 0 Å². The van der Waals surface area contributed by atoms with Crippen LogP contribution in [-0.2, 0) is 0 Å². The molecule has 0 saturated heterocycles. The van der Waals surface area contributed by atoms with Crippen molar-refractivity contribution >= 4 is 0 Å². The summed E-state index contributed by atoms with van der Waals surface area (Å²) >= 11 is 0. The first-order valence-corrected chi connectivity index (χ1v) is 3.53. The van der Waals surface area contributed by atoms with Crippen molar-refractivity contribution < 1.29 is 5.11 Å². The van der Waals surface area contributed by atoms with Crippen molar-refractivity contribution in [3.63, 3.8) is 0 Å². The molecule has 1 nitrogen and oxygen atoms in total. The summed E-state index contributed by atoms with van der Waals surface area (Å²) in [5.74, 6) is 0. The molecule has 0 aromatic rings. The van der Waals surface area contributed by atoms with Gasteiger partial charge in [0.25, 0.3) is 0 Å². The molecule has 0 spiro atoms. The Bertz CT molecular complexity index is 118. The quantitative estimate of drug-likeness (QED) is 0.530. The number of aliphatic hydroxyl groups is 1. The molecule has 0 bridgehead atoms. The van der Waals surface area contributed by atoms with Crippen molar-refractivity contribution in [3.05, 3.63) is 12.2 Å². The molecule has 0 aromatic heterocycles. The number of allylic oxidation sites excluding steroid dienone is 2. The molecule has 0 aliphatic heterocycles. The second-order valence-electron chi connectivity index (χ2n) is 3.18. The van der Waals surface area contributed by atoms with Crippen molar-refractivity contribution in [1.82, 2.24) is 0 Å². The van der Waals surface area contributed by atoms with E-state index in [1.54, 1.807) is 0 Å². The Morgan fingerprint density at radius 3 is 2.67 bits per heavy atom. The number of rotatable bonds is 1. The molecule has 1 rings (SSSR count). The molecule has 0 aromatic carbocycles. The van der Waals surface area contributed by atoms with Gasteiger partial charge in [-0.2, -0.15) is 0 Å². The van der Waals surface area contributed by atoms with Gasteiger partial charge in [-0.1, -0.05) is 19.1 Å². The minimum atomic E-state index is 0.189. The fourth-order valence-corrected chi connectivity index (χ4v) is 1.16. The summed E-state index contributed by atoms with van der Waals surface area (Å²) in [4.78, 5) is 0. The van der Waals surface area contributed by atoms with E-state index in [0.717, 1.165) is 19.3 Å². The fourth-order valence-electron chi connectivity index (χ4n) is 1.16. The topological polar surface area (TPSA) is 20.2 Å². The largest absolute Gasteiger partial charge is 0.396 e. The second kappa shape index (κ2) is 2.53. The van der Waals surface area contributed by atoms with Crippen molar-refractivity contribution in [3.8, 4) is 0 Å². The fraction of sp³-hybridized carbons (Fsp3) is 0.750. The monoisotopic (exact) mass is 126 g/mol. The molecule has 1 atom stereocenters. The Balaban J connectivity index is 2.50.